The number of hydrogen-bond donors (Lipinski definition) is 1. The Labute approximate surface area is 143 Å². The molecule has 1 atom stereocenters. The maximum Gasteiger partial charge on any atom is 0.0594 e. The van der Waals surface area contributed by atoms with Crippen LogP contribution in [-0.2, 0) is 4.74 Å². The first-order chi connectivity index (χ1) is 11.3. The van der Waals surface area contributed by atoms with Crippen molar-refractivity contribution >= 4 is 22.5 Å². The van der Waals surface area contributed by atoms with Crippen molar-refractivity contribution in [3.63, 3.8) is 0 Å². The van der Waals surface area contributed by atoms with Crippen LogP contribution in [0.25, 0.3) is 10.9 Å². The van der Waals surface area contributed by atoms with Crippen molar-refractivity contribution in [2.45, 2.75) is 38.1 Å². The first kappa shape index (κ1) is 15.5. The lowest BCUT2D eigenvalue weighted by atomic mass is 9.80. The maximum absolute atomic E-state index is 6.16. The molecular weight excluding hydrogens is 308 g/mol. The minimum Gasteiger partial charge on any atom is -0.379 e. The number of aromatic nitrogens is 1. The van der Waals surface area contributed by atoms with Gasteiger partial charge in [-0.3, -0.25) is 4.90 Å². The van der Waals surface area contributed by atoms with Crippen LogP contribution in [0, 0.1) is 5.92 Å². The van der Waals surface area contributed by atoms with Gasteiger partial charge in [-0.2, -0.15) is 0 Å². The van der Waals surface area contributed by atoms with Gasteiger partial charge < -0.3 is 9.72 Å². The highest BCUT2D eigenvalue weighted by Gasteiger charge is 2.32. The van der Waals surface area contributed by atoms with E-state index in [9.17, 15) is 0 Å². The third-order valence-electron chi connectivity index (χ3n) is 5.53. The van der Waals surface area contributed by atoms with Crippen LogP contribution in [0.2, 0.25) is 5.02 Å². The largest absolute Gasteiger partial charge is 0.379 e. The summed E-state index contributed by atoms with van der Waals surface area (Å²) in [6, 6.07) is 6.74. The Morgan fingerprint density at radius 1 is 1.13 bits per heavy atom. The average Bonchev–Trinajstić information content (AvgIpc) is 3.00. The number of nitrogens with zero attached hydrogens (tertiary/aromatic N) is 1. The molecule has 0 spiro atoms. The first-order valence-corrected chi connectivity index (χ1v) is 9.29. The van der Waals surface area contributed by atoms with Crippen LogP contribution in [-0.4, -0.2) is 36.2 Å². The molecule has 2 heterocycles. The van der Waals surface area contributed by atoms with Crippen molar-refractivity contribution < 1.29 is 4.74 Å². The first-order valence-electron chi connectivity index (χ1n) is 8.91. The van der Waals surface area contributed by atoms with E-state index in [-0.39, 0.29) is 0 Å². The smallest absolute Gasteiger partial charge is 0.0594 e. The number of ether oxygens (including phenoxy) is 1. The number of morpholine rings is 1. The Kier molecular flexibility index (Phi) is 4.61. The predicted octanol–water partition coefficient (Wildman–Crippen LogP) is 4.77. The van der Waals surface area contributed by atoms with E-state index < -0.39 is 0 Å². The fourth-order valence-electron chi connectivity index (χ4n) is 4.42. The summed E-state index contributed by atoms with van der Waals surface area (Å²) in [6.45, 7) is 3.80. The molecule has 1 aromatic heterocycles. The van der Waals surface area contributed by atoms with Crippen molar-refractivity contribution in [2.24, 2.45) is 5.92 Å². The molecule has 1 unspecified atom stereocenters. The molecule has 23 heavy (non-hydrogen) atoms. The normalized spacial score (nSPS) is 22.5. The summed E-state index contributed by atoms with van der Waals surface area (Å²) < 4.78 is 5.59. The van der Waals surface area contributed by atoms with Gasteiger partial charge in [0.2, 0.25) is 0 Å². The minimum atomic E-state index is 0.508. The van der Waals surface area contributed by atoms with E-state index in [1.807, 2.05) is 12.1 Å². The van der Waals surface area contributed by atoms with Gasteiger partial charge in [0.15, 0.2) is 0 Å². The monoisotopic (exact) mass is 332 g/mol. The van der Waals surface area contributed by atoms with E-state index in [2.05, 4.69) is 22.1 Å². The zero-order chi connectivity index (χ0) is 15.6. The number of H-pyrrole nitrogens is 1. The summed E-state index contributed by atoms with van der Waals surface area (Å²) in [5.41, 5.74) is 2.60. The Hall–Kier alpha value is -1.03. The van der Waals surface area contributed by atoms with Crippen molar-refractivity contribution in [1.82, 2.24) is 9.88 Å². The van der Waals surface area contributed by atoms with Crippen LogP contribution in [0.3, 0.4) is 0 Å². The molecule has 2 aromatic rings. The molecule has 2 aliphatic rings. The highest BCUT2D eigenvalue weighted by Crippen LogP contribution is 2.41. The summed E-state index contributed by atoms with van der Waals surface area (Å²) in [6.07, 6.45) is 9.06. The number of rotatable bonds is 3. The standard InChI is InChI=1S/C19H25ClN2O/c20-15-6-7-16-17(13-21-18(16)12-15)19(14-4-2-1-3-5-14)22-8-10-23-11-9-22/h6-7,12-14,19,21H,1-5,8-11H2. The number of hydrogen-bond acceptors (Lipinski definition) is 2. The molecule has 1 N–H and O–H groups in total. The lowest BCUT2D eigenvalue weighted by Crippen LogP contribution is -2.42. The molecule has 2 fully saturated rings. The van der Waals surface area contributed by atoms with E-state index in [4.69, 9.17) is 16.3 Å². The van der Waals surface area contributed by atoms with Gasteiger partial charge in [0.1, 0.15) is 0 Å². The Morgan fingerprint density at radius 3 is 2.70 bits per heavy atom. The number of aromatic amines is 1. The van der Waals surface area contributed by atoms with Gasteiger partial charge >= 0.3 is 0 Å². The molecule has 0 radical (unpaired) electrons. The molecule has 4 heteroatoms. The van der Waals surface area contributed by atoms with E-state index in [1.54, 1.807) is 0 Å². The Morgan fingerprint density at radius 2 is 1.91 bits per heavy atom. The number of benzene rings is 1. The fourth-order valence-corrected chi connectivity index (χ4v) is 4.59. The molecule has 3 nitrogen and oxygen atoms in total. The summed E-state index contributed by atoms with van der Waals surface area (Å²) >= 11 is 6.16. The van der Waals surface area contributed by atoms with Crippen LogP contribution in [0.15, 0.2) is 24.4 Å². The van der Waals surface area contributed by atoms with Crippen molar-refractivity contribution in [1.29, 1.82) is 0 Å². The molecule has 1 aromatic carbocycles. The van der Waals surface area contributed by atoms with E-state index >= 15 is 0 Å². The van der Waals surface area contributed by atoms with Gasteiger partial charge in [0, 0.05) is 41.3 Å². The highest BCUT2D eigenvalue weighted by molar-refractivity contribution is 6.31. The molecule has 1 aliphatic carbocycles. The summed E-state index contributed by atoms with van der Waals surface area (Å²) in [5, 5.41) is 2.13. The second-order valence-corrected chi connectivity index (χ2v) is 7.36. The predicted molar refractivity (Wildman–Crippen MR) is 95.0 cm³/mol. The third-order valence-corrected chi connectivity index (χ3v) is 5.76. The zero-order valence-corrected chi connectivity index (χ0v) is 14.3. The molecule has 1 saturated heterocycles. The van der Waals surface area contributed by atoms with Crippen molar-refractivity contribution in [3.05, 3.63) is 35.0 Å². The second kappa shape index (κ2) is 6.84. The van der Waals surface area contributed by atoms with Crippen molar-refractivity contribution in [3.8, 4) is 0 Å². The summed E-state index contributed by atoms with van der Waals surface area (Å²) in [5.74, 6) is 0.761. The molecule has 0 bridgehead atoms. The Bertz CT molecular complexity index is 638. The molecule has 1 saturated carbocycles. The highest BCUT2D eigenvalue weighted by atomic mass is 35.5. The molecule has 4 rings (SSSR count). The number of nitrogens with one attached hydrogen (secondary N) is 1. The van der Waals surface area contributed by atoms with E-state index in [0.717, 1.165) is 42.8 Å². The zero-order valence-electron chi connectivity index (χ0n) is 13.6. The summed E-state index contributed by atoms with van der Waals surface area (Å²) in [7, 11) is 0. The van der Waals surface area contributed by atoms with Crippen LogP contribution in [0.5, 0.6) is 0 Å². The van der Waals surface area contributed by atoms with Crippen LogP contribution >= 0.6 is 11.6 Å². The van der Waals surface area contributed by atoms with E-state index in [1.165, 1.54) is 43.1 Å². The fraction of sp³-hybridized carbons (Fsp3) is 0.579. The van der Waals surface area contributed by atoms with Gasteiger partial charge in [-0.1, -0.05) is 36.9 Å². The van der Waals surface area contributed by atoms with Crippen LogP contribution < -0.4 is 0 Å². The Balaban J connectivity index is 1.72. The van der Waals surface area contributed by atoms with Crippen molar-refractivity contribution in [2.75, 3.05) is 26.3 Å². The lowest BCUT2D eigenvalue weighted by molar-refractivity contribution is -0.00273. The molecule has 124 valence electrons. The van der Waals surface area contributed by atoms with Gasteiger partial charge in [-0.25, -0.2) is 0 Å². The van der Waals surface area contributed by atoms with Crippen LogP contribution in [0.4, 0.5) is 0 Å². The van der Waals surface area contributed by atoms with Gasteiger partial charge in [-0.15, -0.1) is 0 Å². The quantitative estimate of drug-likeness (QED) is 0.876. The number of fused-ring (bicyclic) bond motifs is 1. The molecule has 0 amide bonds. The SMILES string of the molecule is Clc1ccc2c(C(C3CCCCC3)N3CCOCC3)c[nH]c2c1. The summed E-state index contributed by atoms with van der Waals surface area (Å²) in [4.78, 5) is 6.09. The van der Waals surface area contributed by atoms with E-state index in [0.29, 0.717) is 6.04 Å². The number of halogens is 1. The van der Waals surface area contributed by atoms with Gasteiger partial charge in [0.05, 0.1) is 13.2 Å². The third kappa shape index (κ3) is 3.15. The van der Waals surface area contributed by atoms with Gasteiger partial charge in [0.25, 0.3) is 0 Å². The van der Waals surface area contributed by atoms with Gasteiger partial charge in [-0.05, 0) is 36.5 Å². The molecular formula is C19H25ClN2O. The lowest BCUT2D eigenvalue weighted by Gasteiger charge is -2.40. The minimum absolute atomic E-state index is 0.508. The molecule has 1 aliphatic heterocycles. The maximum atomic E-state index is 6.16. The average molecular weight is 333 g/mol. The second-order valence-electron chi connectivity index (χ2n) is 6.93. The van der Waals surface area contributed by atoms with Crippen LogP contribution in [0.1, 0.15) is 43.7 Å². The topological polar surface area (TPSA) is 28.3 Å².